The van der Waals surface area contributed by atoms with Gasteiger partial charge in [-0.1, -0.05) is 20.3 Å². The Morgan fingerprint density at radius 3 is 3.19 bits per heavy atom. The van der Waals surface area contributed by atoms with Gasteiger partial charge in [0.2, 0.25) is 11.8 Å². The Bertz CT molecular complexity index is 539. The van der Waals surface area contributed by atoms with E-state index in [4.69, 9.17) is 10.00 Å². The van der Waals surface area contributed by atoms with Crippen LogP contribution in [0.2, 0.25) is 0 Å². The van der Waals surface area contributed by atoms with Crippen molar-refractivity contribution in [2.75, 3.05) is 13.1 Å². The molecule has 5 heteroatoms. The molecule has 2 atom stereocenters. The number of nitrogens with zero attached hydrogens (tertiary/aromatic N) is 3. The molecule has 0 radical (unpaired) electrons. The number of hydrogen-bond donors (Lipinski definition) is 0. The number of amides is 1. The zero-order valence-electron chi connectivity index (χ0n) is 12.6. The SMILES string of the molecule is CCC(C)CC(=O)N1CCC(Oc2cc(C#N)ccn2)C1. The topological polar surface area (TPSA) is 66.2 Å². The average molecular weight is 287 g/mol. The number of nitriles is 1. The highest BCUT2D eigenvalue weighted by atomic mass is 16.5. The average Bonchev–Trinajstić information content (AvgIpc) is 2.96. The summed E-state index contributed by atoms with van der Waals surface area (Å²) < 4.78 is 5.77. The maximum Gasteiger partial charge on any atom is 0.222 e. The van der Waals surface area contributed by atoms with Crippen LogP contribution in [0.5, 0.6) is 5.88 Å². The molecule has 2 rings (SSSR count). The maximum atomic E-state index is 12.1. The van der Waals surface area contributed by atoms with Crippen LogP contribution in [0.3, 0.4) is 0 Å². The molecule has 112 valence electrons. The number of ether oxygens (including phenoxy) is 1. The van der Waals surface area contributed by atoms with Gasteiger partial charge in [0.1, 0.15) is 6.10 Å². The fraction of sp³-hybridized carbons (Fsp3) is 0.562. The second kappa shape index (κ2) is 7.07. The molecule has 1 aromatic rings. The lowest BCUT2D eigenvalue weighted by Crippen LogP contribution is -2.31. The first kappa shape index (κ1) is 15.3. The van der Waals surface area contributed by atoms with Crippen molar-refractivity contribution in [2.24, 2.45) is 5.92 Å². The van der Waals surface area contributed by atoms with Crippen LogP contribution < -0.4 is 4.74 Å². The van der Waals surface area contributed by atoms with E-state index in [1.807, 2.05) is 4.90 Å². The van der Waals surface area contributed by atoms with Crippen LogP contribution in [-0.2, 0) is 4.79 Å². The van der Waals surface area contributed by atoms with Crippen LogP contribution in [0.1, 0.15) is 38.7 Å². The number of carbonyl (C=O) groups excluding carboxylic acids is 1. The van der Waals surface area contributed by atoms with Crippen molar-refractivity contribution in [3.63, 3.8) is 0 Å². The molecule has 1 fully saturated rings. The predicted octanol–water partition coefficient (Wildman–Crippen LogP) is 2.37. The Labute approximate surface area is 125 Å². The summed E-state index contributed by atoms with van der Waals surface area (Å²) in [5.41, 5.74) is 0.530. The molecule has 0 N–H and O–H groups in total. The standard InChI is InChI=1S/C16H21N3O2/c1-3-12(2)8-16(20)19-7-5-14(11-19)21-15-9-13(10-17)4-6-18-15/h4,6,9,12,14H,3,5,7-8,11H2,1-2H3. The molecule has 2 unspecified atom stereocenters. The summed E-state index contributed by atoms with van der Waals surface area (Å²) in [6.07, 6.45) is 3.96. The van der Waals surface area contributed by atoms with Crippen LogP contribution in [0.25, 0.3) is 0 Å². The Morgan fingerprint density at radius 2 is 2.48 bits per heavy atom. The third kappa shape index (κ3) is 4.19. The summed E-state index contributed by atoms with van der Waals surface area (Å²) in [6.45, 7) is 5.53. The molecule has 1 aliphatic rings. The Kier molecular flexibility index (Phi) is 5.15. The van der Waals surface area contributed by atoms with E-state index in [2.05, 4.69) is 24.9 Å². The number of rotatable bonds is 5. The highest BCUT2D eigenvalue weighted by Crippen LogP contribution is 2.19. The van der Waals surface area contributed by atoms with Crippen molar-refractivity contribution < 1.29 is 9.53 Å². The number of likely N-dealkylation sites (tertiary alicyclic amines) is 1. The molecule has 0 saturated carbocycles. The van der Waals surface area contributed by atoms with Gasteiger partial charge in [-0.25, -0.2) is 4.98 Å². The van der Waals surface area contributed by atoms with Gasteiger partial charge in [0, 0.05) is 31.6 Å². The number of pyridine rings is 1. The normalized spacial score (nSPS) is 19.1. The third-order valence-electron chi connectivity index (χ3n) is 3.87. The highest BCUT2D eigenvalue weighted by Gasteiger charge is 2.28. The number of hydrogen-bond acceptors (Lipinski definition) is 4. The van der Waals surface area contributed by atoms with Gasteiger partial charge in [-0.2, -0.15) is 5.26 Å². The summed E-state index contributed by atoms with van der Waals surface area (Å²) in [7, 11) is 0. The monoisotopic (exact) mass is 287 g/mol. The first-order chi connectivity index (χ1) is 10.1. The van der Waals surface area contributed by atoms with Crippen molar-refractivity contribution in [1.82, 2.24) is 9.88 Å². The minimum atomic E-state index is -0.0349. The van der Waals surface area contributed by atoms with Gasteiger partial charge in [0.15, 0.2) is 0 Å². The first-order valence-electron chi connectivity index (χ1n) is 7.43. The minimum absolute atomic E-state index is 0.0349. The fourth-order valence-corrected chi connectivity index (χ4v) is 2.34. The van der Waals surface area contributed by atoms with E-state index in [0.29, 0.717) is 30.3 Å². The Hall–Kier alpha value is -2.09. The van der Waals surface area contributed by atoms with Crippen molar-refractivity contribution in [3.05, 3.63) is 23.9 Å². The Balaban J connectivity index is 1.87. The van der Waals surface area contributed by atoms with E-state index >= 15 is 0 Å². The predicted molar refractivity (Wildman–Crippen MR) is 78.6 cm³/mol. The Morgan fingerprint density at radius 1 is 1.67 bits per heavy atom. The zero-order chi connectivity index (χ0) is 15.2. The van der Waals surface area contributed by atoms with E-state index in [-0.39, 0.29) is 12.0 Å². The zero-order valence-corrected chi connectivity index (χ0v) is 12.6. The van der Waals surface area contributed by atoms with Crippen LogP contribution in [0, 0.1) is 17.2 Å². The van der Waals surface area contributed by atoms with Crippen molar-refractivity contribution >= 4 is 5.91 Å². The van der Waals surface area contributed by atoms with Gasteiger partial charge >= 0.3 is 0 Å². The lowest BCUT2D eigenvalue weighted by atomic mass is 10.0. The van der Waals surface area contributed by atoms with Crippen LogP contribution in [-0.4, -0.2) is 35.0 Å². The molecule has 1 aliphatic heterocycles. The molecule has 0 aliphatic carbocycles. The van der Waals surface area contributed by atoms with E-state index in [1.165, 1.54) is 0 Å². The molecule has 0 spiro atoms. The van der Waals surface area contributed by atoms with Crippen LogP contribution >= 0.6 is 0 Å². The number of carbonyl (C=O) groups is 1. The van der Waals surface area contributed by atoms with E-state index in [0.717, 1.165) is 19.4 Å². The molecule has 1 aromatic heterocycles. The smallest absolute Gasteiger partial charge is 0.222 e. The molecule has 1 saturated heterocycles. The quantitative estimate of drug-likeness (QED) is 0.834. The summed E-state index contributed by atoms with van der Waals surface area (Å²) in [5.74, 6) is 1.08. The minimum Gasteiger partial charge on any atom is -0.472 e. The van der Waals surface area contributed by atoms with Crippen molar-refractivity contribution in [1.29, 1.82) is 5.26 Å². The molecule has 21 heavy (non-hydrogen) atoms. The lowest BCUT2D eigenvalue weighted by molar-refractivity contribution is -0.131. The third-order valence-corrected chi connectivity index (χ3v) is 3.87. The van der Waals surface area contributed by atoms with Crippen LogP contribution in [0.4, 0.5) is 0 Å². The molecular formula is C16H21N3O2. The highest BCUT2D eigenvalue weighted by molar-refractivity contribution is 5.76. The second-order valence-corrected chi connectivity index (χ2v) is 5.58. The van der Waals surface area contributed by atoms with E-state index < -0.39 is 0 Å². The molecular weight excluding hydrogens is 266 g/mol. The van der Waals surface area contributed by atoms with Gasteiger partial charge in [-0.05, 0) is 12.0 Å². The lowest BCUT2D eigenvalue weighted by Gasteiger charge is -2.18. The summed E-state index contributed by atoms with van der Waals surface area (Å²) >= 11 is 0. The van der Waals surface area contributed by atoms with E-state index in [1.54, 1.807) is 18.3 Å². The van der Waals surface area contributed by atoms with Gasteiger partial charge in [-0.3, -0.25) is 4.79 Å². The maximum absolute atomic E-state index is 12.1. The summed E-state index contributed by atoms with van der Waals surface area (Å²) in [4.78, 5) is 18.1. The fourth-order valence-electron chi connectivity index (χ4n) is 2.34. The first-order valence-corrected chi connectivity index (χ1v) is 7.43. The largest absolute Gasteiger partial charge is 0.472 e. The molecule has 0 aromatic carbocycles. The second-order valence-electron chi connectivity index (χ2n) is 5.58. The summed E-state index contributed by atoms with van der Waals surface area (Å²) in [5, 5.41) is 8.86. The van der Waals surface area contributed by atoms with Gasteiger partial charge < -0.3 is 9.64 Å². The molecule has 2 heterocycles. The van der Waals surface area contributed by atoms with Crippen LogP contribution in [0.15, 0.2) is 18.3 Å². The molecule has 1 amide bonds. The number of aromatic nitrogens is 1. The van der Waals surface area contributed by atoms with E-state index in [9.17, 15) is 4.79 Å². The van der Waals surface area contributed by atoms with Crippen molar-refractivity contribution in [2.45, 2.75) is 39.2 Å². The van der Waals surface area contributed by atoms with Gasteiger partial charge in [0.05, 0.1) is 18.2 Å². The molecule has 5 nitrogen and oxygen atoms in total. The summed E-state index contributed by atoms with van der Waals surface area (Å²) in [6, 6.07) is 5.33. The van der Waals surface area contributed by atoms with Gasteiger partial charge in [-0.15, -0.1) is 0 Å². The molecule has 0 bridgehead atoms. The van der Waals surface area contributed by atoms with Gasteiger partial charge in [0.25, 0.3) is 0 Å². The van der Waals surface area contributed by atoms with Crippen molar-refractivity contribution in [3.8, 4) is 11.9 Å².